The van der Waals surface area contributed by atoms with E-state index in [2.05, 4.69) is 4.90 Å². The molecule has 1 saturated heterocycles. The molecule has 0 saturated carbocycles. The fraction of sp³-hybridized carbons (Fsp3) is 0.538. The minimum Gasteiger partial charge on any atom is -0.369 e. The van der Waals surface area contributed by atoms with Crippen molar-refractivity contribution in [2.24, 2.45) is 0 Å². The third-order valence-electron chi connectivity index (χ3n) is 3.05. The number of nitrogens with zero attached hydrogens (tertiary/aromatic N) is 1. The summed E-state index contributed by atoms with van der Waals surface area (Å²) in [6, 6.07) is 5.53. The minimum atomic E-state index is -0.0723. The lowest BCUT2D eigenvalue weighted by molar-refractivity contribution is 0.615. The van der Waals surface area contributed by atoms with Crippen molar-refractivity contribution in [1.29, 1.82) is 0 Å². The Kier molecular flexibility index (Phi) is 3.24. The Hall–Kier alpha value is -1.05. The lowest BCUT2D eigenvalue weighted by Gasteiger charge is -2.23. The van der Waals surface area contributed by atoms with Crippen molar-refractivity contribution in [2.75, 3.05) is 18.0 Å². The lowest BCUT2D eigenvalue weighted by Crippen LogP contribution is -2.24. The van der Waals surface area contributed by atoms with Crippen molar-refractivity contribution in [2.45, 2.75) is 32.6 Å². The molecule has 0 unspecified atom stereocenters. The third kappa shape index (κ3) is 2.49. The van der Waals surface area contributed by atoms with Crippen molar-refractivity contribution in [3.63, 3.8) is 0 Å². The van der Waals surface area contributed by atoms with Gasteiger partial charge in [-0.3, -0.25) is 0 Å². The first kappa shape index (κ1) is 10.5. The molecule has 1 fully saturated rings. The zero-order valence-corrected chi connectivity index (χ0v) is 9.30. The third-order valence-corrected chi connectivity index (χ3v) is 3.05. The first-order valence-corrected chi connectivity index (χ1v) is 5.78. The Morgan fingerprint density at radius 2 is 1.73 bits per heavy atom. The van der Waals surface area contributed by atoms with Crippen LogP contribution in [0.5, 0.6) is 0 Å². The van der Waals surface area contributed by atoms with Crippen LogP contribution in [-0.4, -0.2) is 13.1 Å². The van der Waals surface area contributed by atoms with Gasteiger partial charge in [-0.05, 0) is 37.5 Å². The molecular formula is C13H18FN. The first-order valence-electron chi connectivity index (χ1n) is 5.78. The standard InChI is InChI=1S/C13H18FN/c1-11-6-7-13(12(14)10-11)15-8-4-2-3-5-9-15/h6-7,10H,2-5,8-9H2,1H3. The van der Waals surface area contributed by atoms with E-state index in [4.69, 9.17) is 0 Å². The summed E-state index contributed by atoms with van der Waals surface area (Å²) in [5, 5.41) is 0. The maximum absolute atomic E-state index is 13.7. The minimum absolute atomic E-state index is 0.0723. The van der Waals surface area contributed by atoms with E-state index in [1.165, 1.54) is 25.7 Å². The van der Waals surface area contributed by atoms with Crippen molar-refractivity contribution in [3.8, 4) is 0 Å². The number of aryl methyl sites for hydroxylation is 1. The zero-order valence-electron chi connectivity index (χ0n) is 9.30. The molecule has 1 heterocycles. The molecule has 0 bridgehead atoms. The smallest absolute Gasteiger partial charge is 0.146 e. The molecule has 2 heteroatoms. The maximum atomic E-state index is 13.7. The van der Waals surface area contributed by atoms with Crippen molar-refractivity contribution in [3.05, 3.63) is 29.6 Å². The summed E-state index contributed by atoms with van der Waals surface area (Å²) in [7, 11) is 0. The van der Waals surface area contributed by atoms with E-state index < -0.39 is 0 Å². The summed E-state index contributed by atoms with van der Waals surface area (Å²) in [4.78, 5) is 2.18. The predicted octanol–water partition coefficient (Wildman–Crippen LogP) is 3.51. The Morgan fingerprint density at radius 3 is 2.33 bits per heavy atom. The largest absolute Gasteiger partial charge is 0.369 e. The average molecular weight is 207 g/mol. The lowest BCUT2D eigenvalue weighted by atomic mass is 10.2. The maximum Gasteiger partial charge on any atom is 0.146 e. The fourth-order valence-corrected chi connectivity index (χ4v) is 2.18. The van der Waals surface area contributed by atoms with Crippen molar-refractivity contribution in [1.82, 2.24) is 0 Å². The van der Waals surface area contributed by atoms with Crippen LogP contribution in [-0.2, 0) is 0 Å². The number of anilines is 1. The number of hydrogen-bond acceptors (Lipinski definition) is 1. The molecule has 15 heavy (non-hydrogen) atoms. The second kappa shape index (κ2) is 4.65. The summed E-state index contributed by atoms with van der Waals surface area (Å²) >= 11 is 0. The fourth-order valence-electron chi connectivity index (χ4n) is 2.18. The van der Waals surface area contributed by atoms with Gasteiger partial charge in [0, 0.05) is 13.1 Å². The van der Waals surface area contributed by atoms with Gasteiger partial charge in [0.1, 0.15) is 5.82 Å². The second-order valence-electron chi connectivity index (χ2n) is 4.36. The second-order valence-corrected chi connectivity index (χ2v) is 4.36. The van der Waals surface area contributed by atoms with E-state index >= 15 is 0 Å². The van der Waals surface area contributed by atoms with Crippen molar-refractivity contribution < 1.29 is 4.39 Å². The molecule has 2 rings (SSSR count). The summed E-state index contributed by atoms with van der Waals surface area (Å²) < 4.78 is 13.7. The molecule has 0 aromatic heterocycles. The van der Waals surface area contributed by atoms with Gasteiger partial charge >= 0.3 is 0 Å². The molecule has 1 nitrogen and oxygen atoms in total. The summed E-state index contributed by atoms with van der Waals surface area (Å²) in [6.45, 7) is 3.93. The summed E-state index contributed by atoms with van der Waals surface area (Å²) in [5.41, 5.74) is 1.77. The molecule has 1 aromatic carbocycles. The first-order chi connectivity index (χ1) is 7.27. The van der Waals surface area contributed by atoms with Gasteiger partial charge in [-0.15, -0.1) is 0 Å². The van der Waals surface area contributed by atoms with E-state index in [-0.39, 0.29) is 5.82 Å². The van der Waals surface area contributed by atoms with Crippen LogP contribution in [0, 0.1) is 12.7 Å². The molecule has 0 N–H and O–H groups in total. The summed E-state index contributed by atoms with van der Waals surface area (Å²) in [5.74, 6) is -0.0723. The molecule has 0 radical (unpaired) electrons. The van der Waals surface area contributed by atoms with E-state index in [0.717, 1.165) is 24.3 Å². The van der Waals surface area contributed by atoms with E-state index in [0.29, 0.717) is 0 Å². The molecule has 0 spiro atoms. The molecule has 0 amide bonds. The Labute approximate surface area is 90.9 Å². The zero-order chi connectivity index (χ0) is 10.7. The van der Waals surface area contributed by atoms with Crippen molar-refractivity contribution >= 4 is 5.69 Å². The van der Waals surface area contributed by atoms with E-state index in [1.807, 2.05) is 19.1 Å². The number of hydrogen-bond donors (Lipinski definition) is 0. The highest BCUT2D eigenvalue weighted by atomic mass is 19.1. The summed E-state index contributed by atoms with van der Waals surface area (Å²) in [6.07, 6.45) is 4.94. The number of rotatable bonds is 1. The van der Waals surface area contributed by atoms with Crippen LogP contribution >= 0.6 is 0 Å². The highest BCUT2D eigenvalue weighted by Crippen LogP contribution is 2.23. The van der Waals surface area contributed by atoms with Gasteiger partial charge in [0.05, 0.1) is 5.69 Å². The molecule has 1 aromatic rings. The topological polar surface area (TPSA) is 3.24 Å². The van der Waals surface area contributed by atoms with E-state index in [9.17, 15) is 4.39 Å². The molecule has 1 aliphatic rings. The Bertz CT molecular complexity index is 327. The van der Waals surface area contributed by atoms with Gasteiger partial charge in [0.25, 0.3) is 0 Å². The molecular weight excluding hydrogens is 189 g/mol. The van der Waals surface area contributed by atoms with Crippen LogP contribution < -0.4 is 4.90 Å². The normalized spacial score (nSPS) is 17.6. The van der Waals surface area contributed by atoms with Crippen LogP contribution in [0.3, 0.4) is 0 Å². The molecule has 82 valence electrons. The highest BCUT2D eigenvalue weighted by molar-refractivity contribution is 5.49. The van der Waals surface area contributed by atoms with Crippen LogP contribution in [0.25, 0.3) is 0 Å². The Balaban J connectivity index is 2.19. The van der Waals surface area contributed by atoms with Gasteiger partial charge < -0.3 is 4.90 Å². The molecule has 0 atom stereocenters. The van der Waals surface area contributed by atoms with Gasteiger partial charge in [-0.2, -0.15) is 0 Å². The van der Waals surface area contributed by atoms with Gasteiger partial charge in [-0.25, -0.2) is 4.39 Å². The quantitative estimate of drug-likeness (QED) is 0.681. The van der Waals surface area contributed by atoms with E-state index in [1.54, 1.807) is 6.07 Å². The van der Waals surface area contributed by atoms with Crippen LogP contribution in [0.1, 0.15) is 31.2 Å². The van der Waals surface area contributed by atoms with Gasteiger partial charge in [0.15, 0.2) is 0 Å². The number of benzene rings is 1. The van der Waals surface area contributed by atoms with Gasteiger partial charge in [0.2, 0.25) is 0 Å². The predicted molar refractivity (Wildman–Crippen MR) is 61.8 cm³/mol. The molecule has 0 aliphatic carbocycles. The van der Waals surface area contributed by atoms with Crippen LogP contribution in [0.15, 0.2) is 18.2 Å². The monoisotopic (exact) mass is 207 g/mol. The Morgan fingerprint density at radius 1 is 1.07 bits per heavy atom. The SMILES string of the molecule is Cc1ccc(N2CCCCCC2)c(F)c1. The van der Waals surface area contributed by atoms with Crippen LogP contribution in [0.4, 0.5) is 10.1 Å². The van der Waals surface area contributed by atoms with Gasteiger partial charge in [-0.1, -0.05) is 18.9 Å². The highest BCUT2D eigenvalue weighted by Gasteiger charge is 2.13. The average Bonchev–Trinajstić information content (AvgIpc) is 2.46. The number of halogens is 1. The molecule has 1 aliphatic heterocycles. The van der Waals surface area contributed by atoms with Crippen LogP contribution in [0.2, 0.25) is 0 Å².